The van der Waals surface area contributed by atoms with Crippen LogP contribution in [0.1, 0.15) is 48.0 Å². The standard InChI is InChI=1S/C12H26O3SSi/c1-10(2)17(11(3)4,12(5)6)15-8-7-9-16(13)14/h9-12H,7-8H2,1-6H3. The Morgan fingerprint density at radius 1 is 1.00 bits per heavy atom. The van der Waals surface area contributed by atoms with Crippen LogP contribution in [0.25, 0.3) is 0 Å². The van der Waals surface area contributed by atoms with Gasteiger partial charge in [0.25, 0.3) is 0 Å². The molecule has 0 bridgehead atoms. The van der Waals surface area contributed by atoms with Crippen molar-refractivity contribution in [3.05, 3.63) is 0 Å². The Balaban J connectivity index is 4.76. The molecule has 3 nitrogen and oxygen atoms in total. The maximum Gasteiger partial charge on any atom is 0.210 e. The van der Waals surface area contributed by atoms with Gasteiger partial charge in [0.15, 0.2) is 8.32 Å². The third-order valence-corrected chi connectivity index (χ3v) is 10.1. The highest BCUT2D eigenvalue weighted by Gasteiger charge is 2.44. The third kappa shape index (κ3) is 4.56. The molecule has 0 N–H and O–H groups in total. The lowest BCUT2D eigenvalue weighted by molar-refractivity contribution is 0.288. The molecule has 0 aromatic heterocycles. The molecule has 0 atom stereocenters. The minimum atomic E-state index is -2.07. The van der Waals surface area contributed by atoms with Gasteiger partial charge in [0.05, 0.1) is 0 Å². The number of hydrogen-bond acceptors (Lipinski definition) is 3. The minimum Gasteiger partial charge on any atom is -0.416 e. The van der Waals surface area contributed by atoms with Crippen LogP contribution < -0.4 is 0 Å². The fourth-order valence-electron chi connectivity index (χ4n) is 2.88. The van der Waals surface area contributed by atoms with Crippen LogP contribution in [-0.4, -0.2) is 28.7 Å². The van der Waals surface area contributed by atoms with Crippen LogP contribution in [0, 0.1) is 0 Å². The van der Waals surface area contributed by atoms with Crippen LogP contribution in [0.2, 0.25) is 16.6 Å². The van der Waals surface area contributed by atoms with E-state index < -0.39 is 18.6 Å². The van der Waals surface area contributed by atoms with Crippen molar-refractivity contribution < 1.29 is 12.8 Å². The topological polar surface area (TPSA) is 43.4 Å². The Morgan fingerprint density at radius 2 is 1.41 bits per heavy atom. The van der Waals surface area contributed by atoms with Gasteiger partial charge in [-0.05, 0) is 16.6 Å². The Kier molecular flexibility index (Phi) is 7.28. The first-order valence-corrected chi connectivity index (χ1v) is 9.58. The molecule has 0 unspecified atom stereocenters. The normalized spacial score (nSPS) is 12.5. The largest absolute Gasteiger partial charge is 0.416 e. The first-order valence-electron chi connectivity index (χ1n) is 6.30. The van der Waals surface area contributed by atoms with E-state index >= 15 is 0 Å². The Labute approximate surface area is 108 Å². The van der Waals surface area contributed by atoms with E-state index in [0.29, 0.717) is 29.7 Å². The summed E-state index contributed by atoms with van der Waals surface area (Å²) in [6, 6.07) is 0. The lowest BCUT2D eigenvalue weighted by Gasteiger charge is -2.42. The molecule has 0 fully saturated rings. The molecule has 0 amide bonds. The predicted octanol–water partition coefficient (Wildman–Crippen LogP) is 3.25. The van der Waals surface area contributed by atoms with E-state index in [-0.39, 0.29) is 0 Å². The van der Waals surface area contributed by atoms with E-state index in [1.807, 2.05) is 0 Å². The van der Waals surface area contributed by atoms with Crippen molar-refractivity contribution in [2.75, 3.05) is 6.61 Å². The van der Waals surface area contributed by atoms with E-state index in [0.717, 1.165) is 0 Å². The highest BCUT2D eigenvalue weighted by molar-refractivity contribution is 7.71. The molecule has 0 aromatic rings. The van der Waals surface area contributed by atoms with Crippen molar-refractivity contribution in [2.24, 2.45) is 0 Å². The highest BCUT2D eigenvalue weighted by atomic mass is 32.2. The SMILES string of the molecule is CC(C)[Si](OCCC=S(=O)=O)(C(C)C)C(C)C. The molecular weight excluding hydrogens is 252 g/mol. The van der Waals surface area contributed by atoms with Gasteiger partial charge < -0.3 is 4.43 Å². The van der Waals surface area contributed by atoms with Gasteiger partial charge in [-0.3, -0.25) is 0 Å². The minimum absolute atomic E-state index is 0.483. The van der Waals surface area contributed by atoms with Gasteiger partial charge in [-0.25, -0.2) is 0 Å². The molecule has 0 radical (unpaired) electrons. The Bertz CT molecular complexity index is 315. The lowest BCUT2D eigenvalue weighted by Crippen LogP contribution is -2.48. The van der Waals surface area contributed by atoms with E-state index in [2.05, 4.69) is 41.5 Å². The van der Waals surface area contributed by atoms with Crippen molar-refractivity contribution in [1.29, 1.82) is 0 Å². The van der Waals surface area contributed by atoms with Crippen LogP contribution in [-0.2, 0) is 14.7 Å². The second-order valence-corrected chi connectivity index (χ2v) is 11.7. The fraction of sp³-hybridized carbons (Fsp3) is 0.917. The maximum absolute atomic E-state index is 10.4. The predicted molar refractivity (Wildman–Crippen MR) is 76.6 cm³/mol. The zero-order valence-electron chi connectivity index (χ0n) is 11.9. The Morgan fingerprint density at radius 3 is 1.71 bits per heavy atom. The van der Waals surface area contributed by atoms with Gasteiger partial charge in [-0.2, -0.15) is 8.42 Å². The third-order valence-electron chi connectivity index (χ3n) is 3.43. The van der Waals surface area contributed by atoms with E-state index in [1.165, 1.54) is 5.37 Å². The average Bonchev–Trinajstić information content (AvgIpc) is 2.15. The molecule has 0 aliphatic carbocycles. The molecule has 0 saturated heterocycles. The second kappa shape index (κ2) is 7.33. The van der Waals surface area contributed by atoms with Gasteiger partial charge in [0.2, 0.25) is 10.3 Å². The molecule has 17 heavy (non-hydrogen) atoms. The van der Waals surface area contributed by atoms with Crippen molar-refractivity contribution in [3.8, 4) is 0 Å². The monoisotopic (exact) mass is 278 g/mol. The van der Waals surface area contributed by atoms with Crippen LogP contribution >= 0.6 is 0 Å². The van der Waals surface area contributed by atoms with Crippen LogP contribution in [0.4, 0.5) is 0 Å². The molecule has 102 valence electrons. The van der Waals surface area contributed by atoms with E-state index in [9.17, 15) is 8.42 Å². The van der Waals surface area contributed by atoms with Gasteiger partial charge in [0.1, 0.15) is 0 Å². The van der Waals surface area contributed by atoms with Crippen molar-refractivity contribution in [3.63, 3.8) is 0 Å². The van der Waals surface area contributed by atoms with Crippen molar-refractivity contribution >= 4 is 24.0 Å². The molecule has 0 heterocycles. The summed E-state index contributed by atoms with van der Waals surface area (Å²) < 4.78 is 27.1. The second-order valence-electron chi connectivity index (χ2n) is 5.38. The average molecular weight is 278 g/mol. The van der Waals surface area contributed by atoms with E-state index in [4.69, 9.17) is 4.43 Å². The van der Waals surface area contributed by atoms with Gasteiger partial charge in [0, 0.05) is 18.4 Å². The molecule has 0 aliphatic heterocycles. The van der Waals surface area contributed by atoms with Crippen molar-refractivity contribution in [1.82, 2.24) is 0 Å². The molecule has 0 saturated carbocycles. The summed E-state index contributed by atoms with van der Waals surface area (Å²) in [4.78, 5) is 0. The van der Waals surface area contributed by atoms with Gasteiger partial charge in [-0.1, -0.05) is 41.5 Å². The van der Waals surface area contributed by atoms with Crippen molar-refractivity contribution in [2.45, 2.75) is 64.6 Å². The fourth-order valence-corrected chi connectivity index (χ4v) is 8.64. The first kappa shape index (κ1) is 16.9. The molecule has 0 aromatic carbocycles. The zero-order chi connectivity index (χ0) is 13.6. The van der Waals surface area contributed by atoms with Gasteiger partial charge >= 0.3 is 0 Å². The van der Waals surface area contributed by atoms with Crippen LogP contribution in [0.5, 0.6) is 0 Å². The first-order chi connectivity index (χ1) is 7.75. The summed E-state index contributed by atoms with van der Waals surface area (Å²) in [6.45, 7) is 13.9. The lowest BCUT2D eigenvalue weighted by atomic mass is 10.5. The van der Waals surface area contributed by atoms with Gasteiger partial charge in [-0.15, -0.1) is 0 Å². The summed E-state index contributed by atoms with van der Waals surface area (Å²) in [7, 11) is -3.89. The molecular formula is C12H26O3SSi. The molecule has 0 rings (SSSR count). The Hall–Kier alpha value is -0.133. The van der Waals surface area contributed by atoms with Crippen LogP contribution in [0.15, 0.2) is 0 Å². The summed E-state index contributed by atoms with van der Waals surface area (Å²) >= 11 is 0. The smallest absolute Gasteiger partial charge is 0.210 e. The summed E-state index contributed by atoms with van der Waals surface area (Å²) in [6.07, 6.45) is 0.483. The maximum atomic E-state index is 10.4. The van der Waals surface area contributed by atoms with Crippen LogP contribution in [0.3, 0.4) is 0 Å². The highest BCUT2D eigenvalue weighted by Crippen LogP contribution is 2.42. The van der Waals surface area contributed by atoms with E-state index in [1.54, 1.807) is 0 Å². The molecule has 0 spiro atoms. The zero-order valence-corrected chi connectivity index (χ0v) is 13.7. The number of hydrogen-bond donors (Lipinski definition) is 0. The summed E-state index contributed by atoms with van der Waals surface area (Å²) in [5, 5.41) is 1.28. The quantitative estimate of drug-likeness (QED) is 0.408. The summed E-state index contributed by atoms with van der Waals surface area (Å²) in [5.74, 6) is 0. The number of rotatable bonds is 7. The molecule has 5 heteroatoms. The summed E-state index contributed by atoms with van der Waals surface area (Å²) in [5.41, 5.74) is 1.63. The molecule has 0 aliphatic rings.